The van der Waals surface area contributed by atoms with Crippen molar-refractivity contribution in [3.05, 3.63) is 46.6 Å². The third-order valence-electron chi connectivity index (χ3n) is 7.67. The minimum Gasteiger partial charge on any atom is -0.489 e. The Labute approximate surface area is 218 Å². The quantitative estimate of drug-likeness (QED) is 0.623. The van der Waals surface area contributed by atoms with Gasteiger partial charge in [-0.2, -0.15) is 5.26 Å². The second kappa shape index (κ2) is 10.2. The van der Waals surface area contributed by atoms with E-state index in [-0.39, 0.29) is 28.9 Å². The van der Waals surface area contributed by atoms with Gasteiger partial charge in [0.2, 0.25) is 0 Å². The molecule has 2 heterocycles. The summed E-state index contributed by atoms with van der Waals surface area (Å²) in [4.78, 5) is 17.8. The third-order valence-corrected chi connectivity index (χ3v) is 7.99. The van der Waals surface area contributed by atoms with E-state index in [9.17, 15) is 4.79 Å². The minimum atomic E-state index is -0.343. The minimum absolute atomic E-state index is 0.136. The van der Waals surface area contributed by atoms with E-state index in [0.717, 1.165) is 45.0 Å². The molecule has 2 aromatic rings. The van der Waals surface area contributed by atoms with Gasteiger partial charge in [-0.15, -0.1) is 10.2 Å². The Morgan fingerprint density at radius 1 is 1.14 bits per heavy atom. The Balaban J connectivity index is 1.41. The third kappa shape index (κ3) is 5.00. The number of benzene rings is 1. The van der Waals surface area contributed by atoms with Crippen molar-refractivity contribution in [2.45, 2.75) is 53.2 Å². The van der Waals surface area contributed by atoms with E-state index in [1.165, 1.54) is 0 Å². The van der Waals surface area contributed by atoms with Crippen LogP contribution in [0, 0.1) is 22.2 Å². The lowest BCUT2D eigenvalue weighted by atomic mass is 9.49. The first-order valence-corrected chi connectivity index (χ1v) is 12.9. The van der Waals surface area contributed by atoms with E-state index in [4.69, 9.17) is 21.6 Å². The summed E-state index contributed by atoms with van der Waals surface area (Å²) in [6.45, 7) is 15.5. The number of nitrogens with one attached hydrogen (secondary N) is 1. The molecule has 0 spiro atoms. The van der Waals surface area contributed by atoms with E-state index in [1.54, 1.807) is 24.3 Å². The van der Waals surface area contributed by atoms with Crippen molar-refractivity contribution in [1.29, 1.82) is 5.26 Å². The zero-order chi connectivity index (χ0) is 26.1. The van der Waals surface area contributed by atoms with Gasteiger partial charge in [0.25, 0.3) is 5.91 Å². The molecule has 1 aromatic carbocycles. The molecule has 1 saturated carbocycles. The Morgan fingerprint density at radius 2 is 1.89 bits per heavy atom. The smallest absolute Gasteiger partial charge is 0.272 e. The summed E-state index contributed by atoms with van der Waals surface area (Å²) in [7, 11) is 0. The van der Waals surface area contributed by atoms with Crippen molar-refractivity contribution in [1.82, 2.24) is 20.4 Å². The largest absolute Gasteiger partial charge is 0.489 e. The highest BCUT2D eigenvalue weighted by atomic mass is 35.5. The van der Waals surface area contributed by atoms with Crippen LogP contribution < -0.4 is 15.0 Å². The van der Waals surface area contributed by atoms with E-state index < -0.39 is 0 Å². The van der Waals surface area contributed by atoms with Crippen LogP contribution in [-0.2, 0) is 0 Å². The number of anilines is 1. The monoisotopic (exact) mass is 510 g/mol. The number of ether oxygens (including phenoxy) is 1. The van der Waals surface area contributed by atoms with Crippen molar-refractivity contribution >= 4 is 23.3 Å². The number of carbonyl (C=O) groups excluding carboxylic acids is 1. The van der Waals surface area contributed by atoms with E-state index in [0.29, 0.717) is 22.0 Å². The van der Waals surface area contributed by atoms with Gasteiger partial charge in [-0.05, 0) is 43.8 Å². The Hall–Kier alpha value is -2.89. The van der Waals surface area contributed by atoms with Crippen LogP contribution in [0.3, 0.4) is 0 Å². The maximum absolute atomic E-state index is 13.1. The first kappa shape index (κ1) is 26.2. The number of nitriles is 1. The average molecular weight is 511 g/mol. The highest BCUT2D eigenvalue weighted by Crippen LogP contribution is 2.55. The predicted octanol–water partition coefficient (Wildman–Crippen LogP) is 4.15. The maximum Gasteiger partial charge on any atom is 0.272 e. The fourth-order valence-corrected chi connectivity index (χ4v) is 6.14. The number of aromatic nitrogens is 2. The summed E-state index contributed by atoms with van der Waals surface area (Å²) in [6.07, 6.45) is 0.917. The van der Waals surface area contributed by atoms with Crippen LogP contribution in [0.1, 0.15) is 57.1 Å². The van der Waals surface area contributed by atoms with Gasteiger partial charge in [0, 0.05) is 42.6 Å². The first-order chi connectivity index (χ1) is 17.1. The van der Waals surface area contributed by atoms with Gasteiger partial charge in [-0.3, -0.25) is 4.79 Å². The molecule has 2 fully saturated rings. The highest BCUT2D eigenvalue weighted by molar-refractivity contribution is 6.31. The number of likely N-dealkylation sites (N-methyl/N-ethyl adjacent to an activating group) is 1. The van der Waals surface area contributed by atoms with Crippen LogP contribution in [0.4, 0.5) is 5.82 Å². The number of hydrogen-bond acceptors (Lipinski definition) is 7. The zero-order valence-corrected chi connectivity index (χ0v) is 22.5. The molecule has 1 N–H and O–H groups in total. The summed E-state index contributed by atoms with van der Waals surface area (Å²) >= 11 is 6.19. The first-order valence-electron chi connectivity index (χ1n) is 12.6. The molecule has 1 saturated heterocycles. The molecular weight excluding hydrogens is 476 g/mol. The molecule has 4 rings (SSSR count). The van der Waals surface area contributed by atoms with Gasteiger partial charge in [0.1, 0.15) is 17.9 Å². The van der Waals surface area contributed by atoms with Gasteiger partial charge in [-0.1, -0.05) is 46.2 Å². The molecule has 1 aliphatic heterocycles. The highest BCUT2D eigenvalue weighted by Gasteiger charge is 2.64. The Kier molecular flexibility index (Phi) is 7.44. The number of halogens is 1. The SMILES string of the molecule is CCN1CCCN(c2ccc(C(=O)NC3C(C)(C)C(Oc4ccc(C#N)c(Cl)c4)C3(C)C)nn2)CC1. The fraction of sp³-hybridized carbons (Fsp3) is 0.556. The molecule has 1 aromatic heterocycles. The van der Waals surface area contributed by atoms with E-state index in [2.05, 4.69) is 66.0 Å². The van der Waals surface area contributed by atoms with Gasteiger partial charge in [-0.25, -0.2) is 0 Å². The second-order valence-electron chi connectivity index (χ2n) is 10.9. The zero-order valence-electron chi connectivity index (χ0n) is 21.7. The topological polar surface area (TPSA) is 94.4 Å². The molecule has 1 amide bonds. The average Bonchev–Trinajstić information content (AvgIpc) is 3.11. The number of carbonyl (C=O) groups is 1. The second-order valence-corrected chi connectivity index (χ2v) is 11.3. The van der Waals surface area contributed by atoms with Gasteiger partial charge < -0.3 is 19.9 Å². The molecule has 2 aliphatic rings. The Bertz CT molecular complexity index is 1130. The molecule has 8 nitrogen and oxygen atoms in total. The van der Waals surface area contributed by atoms with Crippen LogP contribution in [-0.4, -0.2) is 65.9 Å². The lowest BCUT2D eigenvalue weighted by Gasteiger charge is -2.63. The van der Waals surface area contributed by atoms with Crippen LogP contribution in [0.25, 0.3) is 0 Å². The van der Waals surface area contributed by atoms with Crippen molar-refractivity contribution in [2.75, 3.05) is 37.6 Å². The Morgan fingerprint density at radius 3 is 2.50 bits per heavy atom. The van der Waals surface area contributed by atoms with E-state index in [1.807, 2.05) is 6.07 Å². The molecule has 0 atom stereocenters. The van der Waals surface area contributed by atoms with Gasteiger partial charge in [0.05, 0.1) is 10.6 Å². The molecule has 0 bridgehead atoms. The summed E-state index contributed by atoms with van der Waals surface area (Å²) in [5.74, 6) is 1.17. The molecule has 0 radical (unpaired) electrons. The fourth-order valence-electron chi connectivity index (χ4n) is 5.93. The van der Waals surface area contributed by atoms with Crippen LogP contribution in [0.15, 0.2) is 30.3 Å². The van der Waals surface area contributed by atoms with Crippen molar-refractivity contribution in [3.8, 4) is 11.8 Å². The van der Waals surface area contributed by atoms with Crippen LogP contribution in [0.5, 0.6) is 5.75 Å². The number of hydrogen-bond donors (Lipinski definition) is 1. The number of rotatable bonds is 6. The summed E-state index contributed by atoms with van der Waals surface area (Å²) in [5, 5.41) is 21.3. The number of nitrogens with zero attached hydrogens (tertiary/aromatic N) is 5. The standard InChI is InChI=1S/C27H35ClN6O2/c1-6-33-12-7-13-34(15-14-33)22-11-10-21(31-32-22)23(35)30-24-26(2,3)25(27(24,4)5)36-19-9-8-18(17-29)20(28)16-19/h8-11,16,24-25H,6-7,12-15H2,1-5H3,(H,30,35). The van der Waals surface area contributed by atoms with Crippen molar-refractivity contribution in [2.24, 2.45) is 10.8 Å². The summed E-state index contributed by atoms with van der Waals surface area (Å²) in [6, 6.07) is 10.6. The molecule has 192 valence electrons. The summed E-state index contributed by atoms with van der Waals surface area (Å²) < 4.78 is 6.31. The molecular formula is C27H35ClN6O2. The molecule has 0 unspecified atom stereocenters. The lowest BCUT2D eigenvalue weighted by Crippen LogP contribution is -2.74. The molecule has 1 aliphatic carbocycles. The molecule has 9 heteroatoms. The predicted molar refractivity (Wildman–Crippen MR) is 140 cm³/mol. The normalized spacial score (nSPS) is 23.2. The maximum atomic E-state index is 13.1. The summed E-state index contributed by atoms with van der Waals surface area (Å²) in [5.41, 5.74) is 0.0274. The van der Waals surface area contributed by atoms with Crippen molar-refractivity contribution < 1.29 is 9.53 Å². The van der Waals surface area contributed by atoms with Crippen LogP contribution >= 0.6 is 11.6 Å². The van der Waals surface area contributed by atoms with Gasteiger partial charge in [0.15, 0.2) is 11.5 Å². The van der Waals surface area contributed by atoms with E-state index >= 15 is 0 Å². The van der Waals surface area contributed by atoms with Gasteiger partial charge >= 0.3 is 0 Å². The van der Waals surface area contributed by atoms with Crippen molar-refractivity contribution in [3.63, 3.8) is 0 Å². The lowest BCUT2D eigenvalue weighted by molar-refractivity contribution is -0.164. The van der Waals surface area contributed by atoms with Crippen LogP contribution in [0.2, 0.25) is 5.02 Å². The number of amides is 1. The molecule has 36 heavy (non-hydrogen) atoms.